The molecule has 6 fully saturated rings. The normalized spacial score (nSPS) is 36.0. The Kier molecular flexibility index (Phi) is 3.73. The first-order chi connectivity index (χ1) is 12.7. The fourth-order valence-electron chi connectivity index (χ4n) is 7.67. The van der Waals surface area contributed by atoms with Gasteiger partial charge in [0.1, 0.15) is 0 Å². The summed E-state index contributed by atoms with van der Waals surface area (Å²) >= 11 is 0. The largest absolute Gasteiger partial charge is 0.489 e. The summed E-state index contributed by atoms with van der Waals surface area (Å²) in [5.41, 5.74) is -0.241. The van der Waals surface area contributed by atoms with Crippen LogP contribution >= 0.6 is 0 Å². The van der Waals surface area contributed by atoms with Gasteiger partial charge in [-0.1, -0.05) is 51.4 Å². The third-order valence-electron chi connectivity index (χ3n) is 8.89. The van der Waals surface area contributed by atoms with Gasteiger partial charge in [0.15, 0.2) is 0 Å². The number of fused-ring (bicyclic) bond motifs is 2. The quantitative estimate of drug-likeness (QED) is 0.652. The Hall–Kier alpha value is -0.0301. The Morgan fingerprint density at radius 2 is 0.538 bits per heavy atom. The van der Waals surface area contributed by atoms with Crippen LogP contribution in [-0.2, 0) is 18.6 Å². The number of hydrogen-bond acceptors (Lipinski definition) is 4. The highest BCUT2D eigenvalue weighted by molar-refractivity contribution is 7.11. The Bertz CT molecular complexity index is 460. The van der Waals surface area contributed by atoms with Crippen LogP contribution in [0, 0.1) is 0 Å². The molecule has 0 radical (unpaired) electrons. The standard InChI is InChI=1S/C20H32B2O4/c1-2-10-17(9-1)18(11-3-4-12-18)24-21(23-17)22-25-19(13-5-6-14-19)20(26-22)15-7-8-16-20/h1-16H2. The molecular weight excluding hydrogens is 326 g/mol. The Labute approximate surface area is 158 Å². The first-order valence-corrected chi connectivity index (χ1v) is 11.4. The summed E-state index contributed by atoms with van der Waals surface area (Å²) in [5.74, 6) is 0. The van der Waals surface area contributed by atoms with E-state index in [1.807, 2.05) is 0 Å². The first kappa shape index (κ1) is 16.9. The lowest BCUT2D eigenvalue weighted by Crippen LogP contribution is -2.47. The van der Waals surface area contributed by atoms with Gasteiger partial charge in [-0.3, -0.25) is 0 Å². The molecule has 0 aromatic heterocycles. The molecule has 0 unspecified atom stereocenters. The second-order valence-corrected chi connectivity index (χ2v) is 10.0. The van der Waals surface area contributed by atoms with Gasteiger partial charge < -0.3 is 18.6 Å². The van der Waals surface area contributed by atoms with Gasteiger partial charge in [0.05, 0.1) is 22.4 Å². The van der Waals surface area contributed by atoms with Crippen LogP contribution in [0.1, 0.15) is 103 Å². The van der Waals surface area contributed by atoms with Crippen molar-refractivity contribution in [3.8, 4) is 0 Å². The van der Waals surface area contributed by atoms with Crippen LogP contribution in [0.3, 0.4) is 0 Å². The van der Waals surface area contributed by atoms with Crippen molar-refractivity contribution in [2.75, 3.05) is 0 Å². The highest BCUT2D eigenvalue weighted by Crippen LogP contribution is 2.59. The van der Waals surface area contributed by atoms with Gasteiger partial charge in [-0.05, 0) is 51.4 Å². The average molecular weight is 358 g/mol. The highest BCUT2D eigenvalue weighted by atomic mass is 16.7. The summed E-state index contributed by atoms with van der Waals surface area (Å²) in [6, 6.07) is 0. The molecule has 4 saturated carbocycles. The van der Waals surface area contributed by atoms with Crippen LogP contribution in [-0.4, -0.2) is 36.4 Å². The summed E-state index contributed by atoms with van der Waals surface area (Å²) in [5, 5.41) is 0. The molecule has 0 aromatic rings. The van der Waals surface area contributed by atoms with Gasteiger partial charge >= 0.3 is 14.0 Å². The Morgan fingerprint density at radius 3 is 0.731 bits per heavy atom. The molecule has 0 aromatic carbocycles. The molecule has 6 aliphatic rings. The van der Waals surface area contributed by atoms with Crippen LogP contribution in [0.2, 0.25) is 0 Å². The van der Waals surface area contributed by atoms with E-state index in [4.69, 9.17) is 18.6 Å². The van der Waals surface area contributed by atoms with Crippen molar-refractivity contribution >= 4 is 14.0 Å². The summed E-state index contributed by atoms with van der Waals surface area (Å²) < 4.78 is 27.1. The molecule has 4 aliphatic carbocycles. The molecule has 142 valence electrons. The second-order valence-electron chi connectivity index (χ2n) is 10.0. The summed E-state index contributed by atoms with van der Waals surface area (Å²) in [7, 11) is -0.632. The van der Waals surface area contributed by atoms with E-state index in [1.165, 1.54) is 51.4 Å². The van der Waals surface area contributed by atoms with E-state index in [0.29, 0.717) is 0 Å². The zero-order chi connectivity index (χ0) is 17.3. The molecule has 2 aliphatic heterocycles. The van der Waals surface area contributed by atoms with Gasteiger partial charge in [0, 0.05) is 0 Å². The summed E-state index contributed by atoms with van der Waals surface area (Å²) in [6.07, 6.45) is 19.5. The van der Waals surface area contributed by atoms with Crippen molar-refractivity contribution in [2.24, 2.45) is 0 Å². The number of hydrogen-bond donors (Lipinski definition) is 0. The van der Waals surface area contributed by atoms with Crippen LogP contribution in [0.5, 0.6) is 0 Å². The third-order valence-corrected chi connectivity index (χ3v) is 8.89. The molecule has 0 amide bonds. The van der Waals surface area contributed by atoms with Crippen LogP contribution < -0.4 is 0 Å². The molecule has 0 bridgehead atoms. The summed E-state index contributed by atoms with van der Waals surface area (Å²) in [6.45, 7) is 0. The molecule has 6 rings (SSSR count). The smallest absolute Gasteiger partial charge is 0.405 e. The van der Waals surface area contributed by atoms with Crippen molar-refractivity contribution in [3.05, 3.63) is 0 Å². The second kappa shape index (κ2) is 5.75. The van der Waals surface area contributed by atoms with E-state index >= 15 is 0 Å². The van der Waals surface area contributed by atoms with Crippen molar-refractivity contribution in [1.82, 2.24) is 0 Å². The maximum atomic E-state index is 6.76. The molecule has 2 saturated heterocycles. The summed E-state index contributed by atoms with van der Waals surface area (Å²) in [4.78, 5) is 0. The minimum atomic E-state index is -0.316. The van der Waals surface area contributed by atoms with Crippen molar-refractivity contribution in [1.29, 1.82) is 0 Å². The SMILES string of the molecule is C1CCC2(C1)OB(B1OC3(CCCC3)C3(CCCC3)O1)OC21CCCC1. The molecule has 4 nitrogen and oxygen atoms in total. The van der Waals surface area contributed by atoms with Crippen molar-refractivity contribution in [3.63, 3.8) is 0 Å². The highest BCUT2D eigenvalue weighted by Gasteiger charge is 2.72. The van der Waals surface area contributed by atoms with E-state index in [9.17, 15) is 0 Å². The fraction of sp³-hybridized carbons (Fsp3) is 1.00. The maximum Gasteiger partial charge on any atom is 0.489 e. The van der Waals surface area contributed by atoms with Crippen LogP contribution in [0.25, 0.3) is 0 Å². The predicted molar refractivity (Wildman–Crippen MR) is 101 cm³/mol. The van der Waals surface area contributed by atoms with Gasteiger partial charge in [-0.2, -0.15) is 0 Å². The van der Waals surface area contributed by atoms with Crippen molar-refractivity contribution in [2.45, 2.75) is 125 Å². The van der Waals surface area contributed by atoms with E-state index < -0.39 is 0 Å². The zero-order valence-corrected chi connectivity index (χ0v) is 16.1. The molecule has 0 N–H and O–H groups in total. The lowest BCUT2D eigenvalue weighted by Gasteiger charge is -2.39. The van der Waals surface area contributed by atoms with Crippen LogP contribution in [0.15, 0.2) is 0 Å². The minimum Gasteiger partial charge on any atom is -0.405 e. The van der Waals surface area contributed by atoms with E-state index in [-0.39, 0.29) is 36.4 Å². The van der Waals surface area contributed by atoms with Crippen molar-refractivity contribution < 1.29 is 18.6 Å². The van der Waals surface area contributed by atoms with Crippen LogP contribution in [0.4, 0.5) is 0 Å². The van der Waals surface area contributed by atoms with Gasteiger partial charge in [-0.25, -0.2) is 0 Å². The predicted octanol–water partition coefficient (Wildman–Crippen LogP) is 4.39. The monoisotopic (exact) mass is 358 g/mol. The molecule has 26 heavy (non-hydrogen) atoms. The van der Waals surface area contributed by atoms with E-state index in [1.54, 1.807) is 0 Å². The van der Waals surface area contributed by atoms with E-state index in [2.05, 4.69) is 0 Å². The molecule has 6 heteroatoms. The zero-order valence-electron chi connectivity index (χ0n) is 16.1. The van der Waals surface area contributed by atoms with Gasteiger partial charge in [-0.15, -0.1) is 0 Å². The molecule has 4 spiro atoms. The fourth-order valence-corrected chi connectivity index (χ4v) is 7.67. The topological polar surface area (TPSA) is 36.9 Å². The van der Waals surface area contributed by atoms with Gasteiger partial charge in [0.25, 0.3) is 0 Å². The molecular formula is C20H32B2O4. The third kappa shape index (κ3) is 2.08. The first-order valence-electron chi connectivity index (χ1n) is 11.4. The Balaban J connectivity index is 1.29. The lowest BCUT2D eigenvalue weighted by molar-refractivity contribution is -0.0400. The van der Waals surface area contributed by atoms with E-state index in [0.717, 1.165) is 51.4 Å². The number of rotatable bonds is 1. The molecule has 0 atom stereocenters. The minimum absolute atomic E-state index is 0.0604. The molecule has 2 heterocycles. The maximum absolute atomic E-state index is 6.76. The lowest BCUT2D eigenvalue weighted by atomic mass is 9.49. The van der Waals surface area contributed by atoms with Gasteiger partial charge in [0.2, 0.25) is 0 Å². The Morgan fingerprint density at radius 1 is 0.346 bits per heavy atom. The average Bonchev–Trinajstić information content (AvgIpc) is 3.44.